The van der Waals surface area contributed by atoms with Gasteiger partial charge in [-0.05, 0) is 0 Å². The molecular formula is C8H12N2O2. The lowest BCUT2D eigenvalue weighted by Gasteiger charge is -2.06. The first kappa shape index (κ1) is 8.77. The van der Waals surface area contributed by atoms with E-state index in [2.05, 4.69) is 14.7 Å². The summed E-state index contributed by atoms with van der Waals surface area (Å²) in [5.41, 5.74) is 0.952. The van der Waals surface area contributed by atoms with Crippen LogP contribution in [0.5, 0.6) is 0 Å². The molecule has 1 rings (SSSR count). The summed E-state index contributed by atoms with van der Waals surface area (Å²) in [6.07, 6.45) is 3.95. The van der Waals surface area contributed by atoms with Crippen molar-refractivity contribution in [2.24, 2.45) is 5.92 Å². The average molecular weight is 168 g/mol. The minimum absolute atomic E-state index is 0.115. The molecule has 0 aliphatic rings. The van der Waals surface area contributed by atoms with Crippen molar-refractivity contribution >= 4 is 5.97 Å². The van der Waals surface area contributed by atoms with E-state index in [1.165, 1.54) is 7.11 Å². The fourth-order valence-corrected chi connectivity index (χ4v) is 1.01. The van der Waals surface area contributed by atoms with Crippen LogP contribution in [-0.4, -0.2) is 23.0 Å². The second kappa shape index (κ2) is 3.90. The predicted molar refractivity (Wildman–Crippen MR) is 43.5 cm³/mol. The van der Waals surface area contributed by atoms with E-state index < -0.39 is 0 Å². The minimum Gasteiger partial charge on any atom is -0.469 e. The van der Waals surface area contributed by atoms with Crippen molar-refractivity contribution in [2.45, 2.75) is 13.3 Å². The van der Waals surface area contributed by atoms with E-state index >= 15 is 0 Å². The maximum absolute atomic E-state index is 11.0. The summed E-state index contributed by atoms with van der Waals surface area (Å²) in [5.74, 6) is -0.306. The molecule has 0 aromatic carbocycles. The molecule has 4 nitrogen and oxygen atoms in total. The Labute approximate surface area is 71.0 Å². The standard InChI is InChI=1S/C8H12N2O2/c1-6(8(11)12-2)3-7-4-9-5-10-7/h4-6H,3H2,1-2H3,(H,9,10). The fourth-order valence-electron chi connectivity index (χ4n) is 1.01. The maximum atomic E-state index is 11.0. The first-order valence-electron chi connectivity index (χ1n) is 3.79. The van der Waals surface area contributed by atoms with Crippen molar-refractivity contribution in [2.75, 3.05) is 7.11 Å². The van der Waals surface area contributed by atoms with Crippen LogP contribution >= 0.6 is 0 Å². The largest absolute Gasteiger partial charge is 0.469 e. The molecule has 66 valence electrons. The van der Waals surface area contributed by atoms with Crippen LogP contribution in [0.25, 0.3) is 0 Å². The second-order valence-electron chi connectivity index (χ2n) is 2.71. The topological polar surface area (TPSA) is 55.0 Å². The Kier molecular flexibility index (Phi) is 2.85. The van der Waals surface area contributed by atoms with Crippen LogP contribution in [0.15, 0.2) is 12.5 Å². The normalized spacial score (nSPS) is 12.5. The Morgan fingerprint density at radius 1 is 1.83 bits per heavy atom. The molecule has 1 aromatic heterocycles. The zero-order chi connectivity index (χ0) is 8.97. The summed E-state index contributed by atoms with van der Waals surface area (Å²) in [6, 6.07) is 0. The van der Waals surface area contributed by atoms with Gasteiger partial charge in [0, 0.05) is 18.3 Å². The number of rotatable bonds is 3. The van der Waals surface area contributed by atoms with Crippen molar-refractivity contribution in [3.8, 4) is 0 Å². The average Bonchev–Trinajstić information content (AvgIpc) is 2.55. The highest BCUT2D eigenvalue weighted by atomic mass is 16.5. The van der Waals surface area contributed by atoms with Crippen LogP contribution in [-0.2, 0) is 16.0 Å². The summed E-state index contributed by atoms with van der Waals surface area (Å²) < 4.78 is 4.59. The Bertz CT molecular complexity index is 244. The molecule has 1 aromatic rings. The van der Waals surface area contributed by atoms with Crippen molar-refractivity contribution in [1.29, 1.82) is 0 Å². The lowest BCUT2D eigenvalue weighted by Crippen LogP contribution is -2.15. The van der Waals surface area contributed by atoms with Crippen LogP contribution in [0, 0.1) is 5.92 Å². The number of hydrogen-bond donors (Lipinski definition) is 1. The number of carbonyl (C=O) groups excluding carboxylic acids is 1. The lowest BCUT2D eigenvalue weighted by atomic mass is 10.1. The number of aromatic amines is 1. The van der Waals surface area contributed by atoms with Gasteiger partial charge in [-0.1, -0.05) is 6.92 Å². The molecule has 1 unspecified atom stereocenters. The number of carbonyl (C=O) groups is 1. The van der Waals surface area contributed by atoms with Crippen LogP contribution in [0.1, 0.15) is 12.6 Å². The molecule has 0 aliphatic heterocycles. The molecule has 0 fully saturated rings. The Hall–Kier alpha value is -1.32. The highest BCUT2D eigenvalue weighted by Gasteiger charge is 2.13. The number of H-pyrrole nitrogens is 1. The van der Waals surface area contributed by atoms with E-state index in [1.54, 1.807) is 12.5 Å². The van der Waals surface area contributed by atoms with Gasteiger partial charge < -0.3 is 9.72 Å². The van der Waals surface area contributed by atoms with Gasteiger partial charge in [0.25, 0.3) is 0 Å². The Morgan fingerprint density at radius 2 is 2.58 bits per heavy atom. The third-order valence-corrected chi connectivity index (χ3v) is 1.68. The maximum Gasteiger partial charge on any atom is 0.308 e. The zero-order valence-corrected chi connectivity index (χ0v) is 7.20. The molecule has 1 N–H and O–H groups in total. The van der Waals surface area contributed by atoms with E-state index in [0.29, 0.717) is 6.42 Å². The lowest BCUT2D eigenvalue weighted by molar-refractivity contribution is -0.144. The number of nitrogens with one attached hydrogen (secondary N) is 1. The van der Waals surface area contributed by atoms with Crippen molar-refractivity contribution in [1.82, 2.24) is 9.97 Å². The zero-order valence-electron chi connectivity index (χ0n) is 7.20. The molecule has 0 radical (unpaired) electrons. The minimum atomic E-state index is -0.190. The molecule has 12 heavy (non-hydrogen) atoms. The van der Waals surface area contributed by atoms with Crippen LogP contribution < -0.4 is 0 Å². The molecule has 0 amide bonds. The van der Waals surface area contributed by atoms with E-state index in [4.69, 9.17) is 0 Å². The van der Waals surface area contributed by atoms with Gasteiger partial charge in [0.2, 0.25) is 0 Å². The van der Waals surface area contributed by atoms with E-state index in [0.717, 1.165) is 5.69 Å². The van der Waals surface area contributed by atoms with E-state index in [-0.39, 0.29) is 11.9 Å². The molecular weight excluding hydrogens is 156 g/mol. The third kappa shape index (κ3) is 2.08. The van der Waals surface area contributed by atoms with Crippen LogP contribution in [0.3, 0.4) is 0 Å². The fraction of sp³-hybridized carbons (Fsp3) is 0.500. The van der Waals surface area contributed by atoms with Crippen molar-refractivity contribution in [3.63, 3.8) is 0 Å². The predicted octanol–water partition coefficient (Wildman–Crippen LogP) is 0.761. The van der Waals surface area contributed by atoms with E-state index in [9.17, 15) is 4.79 Å². The first-order chi connectivity index (χ1) is 5.74. The van der Waals surface area contributed by atoms with Crippen molar-refractivity contribution < 1.29 is 9.53 Å². The number of hydrogen-bond acceptors (Lipinski definition) is 3. The molecule has 0 bridgehead atoms. The van der Waals surface area contributed by atoms with Crippen LogP contribution in [0.2, 0.25) is 0 Å². The van der Waals surface area contributed by atoms with E-state index in [1.807, 2.05) is 6.92 Å². The van der Waals surface area contributed by atoms with Gasteiger partial charge in [-0.15, -0.1) is 0 Å². The molecule has 0 saturated heterocycles. The van der Waals surface area contributed by atoms with Gasteiger partial charge in [-0.3, -0.25) is 4.79 Å². The summed E-state index contributed by atoms with van der Waals surface area (Å²) in [4.78, 5) is 17.8. The molecule has 0 aliphatic carbocycles. The number of ether oxygens (including phenoxy) is 1. The Morgan fingerprint density at radius 3 is 3.08 bits per heavy atom. The number of aromatic nitrogens is 2. The molecule has 0 spiro atoms. The summed E-state index contributed by atoms with van der Waals surface area (Å²) in [6.45, 7) is 1.83. The highest BCUT2D eigenvalue weighted by Crippen LogP contribution is 2.05. The number of methoxy groups -OCH3 is 1. The SMILES string of the molecule is COC(=O)C(C)Cc1cnc[nH]1. The van der Waals surface area contributed by atoms with Gasteiger partial charge in [0.05, 0.1) is 19.4 Å². The number of esters is 1. The molecule has 0 saturated carbocycles. The molecule has 1 atom stereocenters. The summed E-state index contributed by atoms with van der Waals surface area (Å²) >= 11 is 0. The van der Waals surface area contributed by atoms with Gasteiger partial charge in [-0.2, -0.15) is 0 Å². The molecule has 4 heteroatoms. The van der Waals surface area contributed by atoms with Gasteiger partial charge in [0.15, 0.2) is 0 Å². The smallest absolute Gasteiger partial charge is 0.308 e. The number of nitrogens with zero attached hydrogens (tertiary/aromatic N) is 1. The van der Waals surface area contributed by atoms with Gasteiger partial charge in [0.1, 0.15) is 0 Å². The van der Waals surface area contributed by atoms with Crippen LogP contribution in [0.4, 0.5) is 0 Å². The molecule has 1 heterocycles. The van der Waals surface area contributed by atoms with Gasteiger partial charge in [-0.25, -0.2) is 4.98 Å². The highest BCUT2D eigenvalue weighted by molar-refractivity contribution is 5.72. The second-order valence-corrected chi connectivity index (χ2v) is 2.71. The van der Waals surface area contributed by atoms with Crippen molar-refractivity contribution in [3.05, 3.63) is 18.2 Å². The third-order valence-electron chi connectivity index (χ3n) is 1.68. The number of imidazole rings is 1. The first-order valence-corrected chi connectivity index (χ1v) is 3.79. The quantitative estimate of drug-likeness (QED) is 0.678. The summed E-state index contributed by atoms with van der Waals surface area (Å²) in [7, 11) is 1.39. The summed E-state index contributed by atoms with van der Waals surface area (Å²) in [5, 5.41) is 0. The monoisotopic (exact) mass is 168 g/mol. The van der Waals surface area contributed by atoms with Gasteiger partial charge >= 0.3 is 5.97 Å². The Balaban J connectivity index is 2.47.